The molecule has 1 aromatic carbocycles. The van der Waals surface area contributed by atoms with Crippen LogP contribution in [-0.2, 0) is 14.8 Å². The summed E-state index contributed by atoms with van der Waals surface area (Å²) in [7, 11) is -3.72. The van der Waals surface area contributed by atoms with Crippen molar-refractivity contribution >= 4 is 21.4 Å². The van der Waals surface area contributed by atoms with Gasteiger partial charge in [0.05, 0.1) is 15.9 Å². The van der Waals surface area contributed by atoms with E-state index in [0.29, 0.717) is 31.3 Å². The summed E-state index contributed by atoms with van der Waals surface area (Å²) in [6, 6.07) is 4.35. The lowest BCUT2D eigenvalue weighted by atomic mass is 9.99. The maximum atomic E-state index is 13.0. The second-order valence-corrected chi connectivity index (χ2v) is 10.3. The first-order valence-corrected chi connectivity index (χ1v) is 12.1. The second kappa shape index (κ2) is 8.57. The molecular weight excluding hydrogens is 394 g/mol. The van der Waals surface area contributed by atoms with Gasteiger partial charge < -0.3 is 10.1 Å². The third kappa shape index (κ3) is 4.73. The Balaban J connectivity index is 1.54. The van der Waals surface area contributed by atoms with E-state index in [1.807, 2.05) is 0 Å². The van der Waals surface area contributed by atoms with Crippen molar-refractivity contribution in [3.8, 4) is 0 Å². The number of nitrogens with zero attached hydrogens (tertiary/aromatic N) is 2. The monoisotopic (exact) mass is 423 g/mol. The molecule has 29 heavy (non-hydrogen) atoms. The number of rotatable bonds is 6. The van der Waals surface area contributed by atoms with Gasteiger partial charge in [0, 0.05) is 31.8 Å². The van der Waals surface area contributed by atoms with Crippen molar-refractivity contribution in [3.63, 3.8) is 0 Å². The molecule has 0 aromatic heterocycles. The average molecular weight is 424 g/mol. The molecule has 1 aliphatic carbocycles. The maximum Gasteiger partial charge on any atom is 0.293 e. The minimum Gasteiger partial charge on any atom is -0.378 e. The molecule has 8 nitrogen and oxygen atoms in total. The molecule has 0 radical (unpaired) electrons. The fraction of sp³-hybridized carbons (Fsp3) is 0.700. The second-order valence-electron chi connectivity index (χ2n) is 8.37. The summed E-state index contributed by atoms with van der Waals surface area (Å²) >= 11 is 0. The zero-order valence-corrected chi connectivity index (χ0v) is 17.4. The highest BCUT2D eigenvalue weighted by Crippen LogP contribution is 2.39. The number of benzene rings is 1. The average Bonchev–Trinajstić information content (AvgIpc) is 3.55. The molecule has 1 aromatic rings. The molecule has 2 heterocycles. The number of nitro groups is 1. The van der Waals surface area contributed by atoms with E-state index < -0.39 is 14.9 Å². The van der Waals surface area contributed by atoms with Crippen LogP contribution >= 0.6 is 0 Å². The summed E-state index contributed by atoms with van der Waals surface area (Å²) in [5.74, 6) is 0.621. The van der Waals surface area contributed by atoms with Crippen molar-refractivity contribution in [2.75, 3.05) is 25.0 Å². The minimum absolute atomic E-state index is 0.000477. The first kappa shape index (κ1) is 20.6. The van der Waals surface area contributed by atoms with Gasteiger partial charge >= 0.3 is 0 Å². The lowest BCUT2D eigenvalue weighted by Gasteiger charge is -2.30. The highest BCUT2D eigenvalue weighted by Gasteiger charge is 2.36. The van der Waals surface area contributed by atoms with Crippen LogP contribution in [0.1, 0.15) is 51.4 Å². The molecule has 0 amide bonds. The van der Waals surface area contributed by atoms with Crippen LogP contribution in [0.2, 0.25) is 0 Å². The van der Waals surface area contributed by atoms with Gasteiger partial charge in [-0.25, -0.2) is 8.42 Å². The van der Waals surface area contributed by atoms with Gasteiger partial charge in [-0.1, -0.05) is 12.8 Å². The van der Waals surface area contributed by atoms with E-state index in [1.54, 1.807) is 6.07 Å². The zero-order valence-electron chi connectivity index (χ0n) is 16.6. The van der Waals surface area contributed by atoms with Gasteiger partial charge in [-0.05, 0) is 56.6 Å². The van der Waals surface area contributed by atoms with E-state index in [9.17, 15) is 18.5 Å². The number of nitrogens with one attached hydrogen (secondary N) is 1. The Morgan fingerprint density at radius 3 is 2.48 bits per heavy atom. The van der Waals surface area contributed by atoms with E-state index in [4.69, 9.17) is 4.74 Å². The van der Waals surface area contributed by atoms with Crippen LogP contribution < -0.4 is 5.32 Å². The van der Waals surface area contributed by atoms with Crippen LogP contribution in [0, 0.1) is 16.0 Å². The fourth-order valence-electron chi connectivity index (χ4n) is 4.35. The van der Waals surface area contributed by atoms with E-state index in [2.05, 4.69) is 5.32 Å². The Kier molecular flexibility index (Phi) is 6.08. The van der Waals surface area contributed by atoms with Crippen LogP contribution in [0.25, 0.3) is 0 Å². The molecule has 0 spiro atoms. The van der Waals surface area contributed by atoms with Gasteiger partial charge in [-0.2, -0.15) is 4.31 Å². The molecule has 1 saturated carbocycles. The molecule has 1 N–H and O–H groups in total. The van der Waals surface area contributed by atoms with Crippen molar-refractivity contribution in [1.82, 2.24) is 4.31 Å². The SMILES string of the molecule is O=[N+]([O-])c1cc(S(=O)(=O)N2CCCCCC2)ccc1NC1CCOC(C2CC2)C1. The van der Waals surface area contributed by atoms with Crippen LogP contribution in [0.3, 0.4) is 0 Å². The van der Waals surface area contributed by atoms with E-state index in [-0.39, 0.29) is 22.7 Å². The topological polar surface area (TPSA) is 102 Å². The normalized spacial score (nSPS) is 26.6. The van der Waals surface area contributed by atoms with E-state index in [0.717, 1.165) is 38.5 Å². The van der Waals surface area contributed by atoms with Gasteiger partial charge in [-0.15, -0.1) is 0 Å². The van der Waals surface area contributed by atoms with Crippen molar-refractivity contribution < 1.29 is 18.1 Å². The summed E-state index contributed by atoms with van der Waals surface area (Å²) in [4.78, 5) is 11.2. The molecule has 2 unspecified atom stereocenters. The predicted octanol–water partition coefficient (Wildman–Crippen LogP) is 3.53. The quantitative estimate of drug-likeness (QED) is 0.555. The molecular formula is C20H29N3O5S. The number of anilines is 1. The number of hydrogen-bond acceptors (Lipinski definition) is 6. The van der Waals surface area contributed by atoms with Crippen molar-refractivity contribution in [2.45, 2.75) is 68.4 Å². The van der Waals surface area contributed by atoms with Gasteiger partial charge in [0.15, 0.2) is 0 Å². The fourth-order valence-corrected chi connectivity index (χ4v) is 5.89. The standard InChI is InChI=1S/C20H29N3O5S/c24-23(25)19-14-17(29(26,27)22-10-3-1-2-4-11-22)7-8-18(19)21-16-9-12-28-20(13-16)15-5-6-15/h7-8,14-16,20-21H,1-6,9-13H2. The highest BCUT2D eigenvalue weighted by molar-refractivity contribution is 7.89. The van der Waals surface area contributed by atoms with Crippen molar-refractivity contribution in [3.05, 3.63) is 28.3 Å². The first-order chi connectivity index (χ1) is 13.9. The van der Waals surface area contributed by atoms with Crippen LogP contribution in [-0.4, -0.2) is 49.5 Å². The summed E-state index contributed by atoms with van der Waals surface area (Å²) in [6.07, 6.45) is 7.91. The summed E-state index contributed by atoms with van der Waals surface area (Å²) < 4.78 is 33.3. The zero-order chi connectivity index (χ0) is 20.4. The Bertz CT molecular complexity index is 848. The molecule has 2 aliphatic heterocycles. The number of hydrogen-bond donors (Lipinski definition) is 1. The Morgan fingerprint density at radius 2 is 1.83 bits per heavy atom. The van der Waals surface area contributed by atoms with Gasteiger partial charge in [0.2, 0.25) is 10.0 Å². The molecule has 3 aliphatic rings. The lowest BCUT2D eigenvalue weighted by molar-refractivity contribution is -0.384. The van der Waals surface area contributed by atoms with Crippen molar-refractivity contribution in [2.24, 2.45) is 5.92 Å². The number of nitro benzene ring substituents is 1. The van der Waals surface area contributed by atoms with E-state index >= 15 is 0 Å². The first-order valence-electron chi connectivity index (χ1n) is 10.6. The van der Waals surface area contributed by atoms with Gasteiger partial charge in [0.25, 0.3) is 5.69 Å². The highest BCUT2D eigenvalue weighted by atomic mass is 32.2. The maximum absolute atomic E-state index is 13.0. The third-order valence-corrected chi connectivity index (χ3v) is 8.09. The summed E-state index contributed by atoms with van der Waals surface area (Å²) in [6.45, 7) is 1.59. The summed E-state index contributed by atoms with van der Waals surface area (Å²) in [5.41, 5.74) is 0.196. The largest absolute Gasteiger partial charge is 0.378 e. The van der Waals surface area contributed by atoms with E-state index in [1.165, 1.54) is 29.3 Å². The molecule has 3 fully saturated rings. The van der Waals surface area contributed by atoms with Crippen LogP contribution in [0.4, 0.5) is 11.4 Å². The minimum atomic E-state index is -3.72. The van der Waals surface area contributed by atoms with Gasteiger partial charge in [-0.3, -0.25) is 10.1 Å². The molecule has 9 heteroatoms. The van der Waals surface area contributed by atoms with Crippen LogP contribution in [0.15, 0.2) is 23.1 Å². The van der Waals surface area contributed by atoms with Gasteiger partial charge in [0.1, 0.15) is 5.69 Å². The Hall–Kier alpha value is -1.71. The Morgan fingerprint density at radius 1 is 1.10 bits per heavy atom. The molecule has 2 saturated heterocycles. The number of ether oxygens (including phenoxy) is 1. The van der Waals surface area contributed by atoms with Crippen LogP contribution in [0.5, 0.6) is 0 Å². The lowest BCUT2D eigenvalue weighted by Crippen LogP contribution is -2.35. The third-order valence-electron chi connectivity index (χ3n) is 6.19. The van der Waals surface area contributed by atoms with Crippen molar-refractivity contribution in [1.29, 1.82) is 0 Å². The molecule has 160 valence electrons. The predicted molar refractivity (Wildman–Crippen MR) is 109 cm³/mol. The Labute approximate surface area is 171 Å². The molecule has 4 rings (SSSR count). The smallest absolute Gasteiger partial charge is 0.293 e. The summed E-state index contributed by atoms with van der Waals surface area (Å²) in [5, 5.41) is 15.0. The number of sulfonamides is 1. The molecule has 2 atom stereocenters. The molecule has 0 bridgehead atoms.